The first kappa shape index (κ1) is 14.2. The van der Waals surface area contributed by atoms with Gasteiger partial charge in [-0.15, -0.1) is 0 Å². The highest BCUT2D eigenvalue weighted by Crippen LogP contribution is 2.23. The van der Waals surface area contributed by atoms with Gasteiger partial charge in [0.05, 0.1) is 12.0 Å². The number of furan rings is 1. The van der Waals surface area contributed by atoms with Crippen molar-refractivity contribution in [2.75, 3.05) is 12.8 Å². The van der Waals surface area contributed by atoms with E-state index >= 15 is 0 Å². The van der Waals surface area contributed by atoms with E-state index in [2.05, 4.69) is 37.4 Å². The maximum atomic E-state index is 5.35. The van der Waals surface area contributed by atoms with Crippen LogP contribution in [0.5, 0.6) is 0 Å². The number of benzene rings is 1. The maximum Gasteiger partial charge on any atom is 0.113 e. The monoisotopic (exact) mass is 275 g/mol. The van der Waals surface area contributed by atoms with Gasteiger partial charge < -0.3 is 9.73 Å². The molecule has 0 saturated carbocycles. The summed E-state index contributed by atoms with van der Waals surface area (Å²) in [4.78, 5) is 0. The SMILES string of the molecule is CNC(CSCc1ccco1)c1ccc(C)c(C)c1. The van der Waals surface area contributed by atoms with Gasteiger partial charge in [0.15, 0.2) is 0 Å². The fourth-order valence-corrected chi connectivity index (χ4v) is 3.08. The summed E-state index contributed by atoms with van der Waals surface area (Å²) in [6, 6.07) is 11.1. The van der Waals surface area contributed by atoms with E-state index in [0.717, 1.165) is 17.3 Å². The van der Waals surface area contributed by atoms with E-state index in [1.54, 1.807) is 6.26 Å². The summed E-state index contributed by atoms with van der Waals surface area (Å²) in [6.45, 7) is 4.32. The molecule has 2 nitrogen and oxygen atoms in total. The molecule has 1 N–H and O–H groups in total. The number of hydrogen-bond acceptors (Lipinski definition) is 3. The van der Waals surface area contributed by atoms with Gasteiger partial charge in [0.1, 0.15) is 5.76 Å². The molecule has 1 aromatic heterocycles. The Kier molecular flexibility index (Phi) is 5.11. The fraction of sp³-hybridized carbons (Fsp3) is 0.375. The lowest BCUT2D eigenvalue weighted by Gasteiger charge is -2.17. The smallest absolute Gasteiger partial charge is 0.113 e. The first-order valence-electron chi connectivity index (χ1n) is 6.55. The normalized spacial score (nSPS) is 12.6. The second-order valence-corrected chi connectivity index (χ2v) is 5.81. The van der Waals surface area contributed by atoms with E-state index in [1.807, 2.05) is 30.9 Å². The van der Waals surface area contributed by atoms with Crippen LogP contribution in [0.25, 0.3) is 0 Å². The van der Waals surface area contributed by atoms with Crippen molar-refractivity contribution >= 4 is 11.8 Å². The lowest BCUT2D eigenvalue weighted by Crippen LogP contribution is -2.19. The molecule has 3 heteroatoms. The molecule has 0 aliphatic carbocycles. The minimum atomic E-state index is 0.388. The molecule has 102 valence electrons. The van der Waals surface area contributed by atoms with Crippen molar-refractivity contribution in [2.24, 2.45) is 0 Å². The Hall–Kier alpha value is -1.19. The maximum absolute atomic E-state index is 5.35. The molecule has 1 aromatic carbocycles. The fourth-order valence-electron chi connectivity index (χ4n) is 2.00. The molecule has 0 radical (unpaired) electrons. The Morgan fingerprint density at radius 1 is 1.21 bits per heavy atom. The Morgan fingerprint density at radius 3 is 2.68 bits per heavy atom. The number of rotatable bonds is 6. The van der Waals surface area contributed by atoms with Crippen molar-refractivity contribution in [1.29, 1.82) is 0 Å². The summed E-state index contributed by atoms with van der Waals surface area (Å²) in [5.74, 6) is 3.01. The van der Waals surface area contributed by atoms with Gasteiger partial charge in [-0.3, -0.25) is 0 Å². The predicted molar refractivity (Wildman–Crippen MR) is 82.6 cm³/mol. The quantitative estimate of drug-likeness (QED) is 0.859. The highest BCUT2D eigenvalue weighted by atomic mass is 32.2. The third-order valence-electron chi connectivity index (χ3n) is 3.39. The molecule has 1 unspecified atom stereocenters. The largest absolute Gasteiger partial charge is 0.468 e. The van der Waals surface area contributed by atoms with Crippen LogP contribution in [0.15, 0.2) is 41.0 Å². The second-order valence-electron chi connectivity index (χ2n) is 4.78. The number of thioether (sulfide) groups is 1. The molecule has 2 rings (SSSR count). The van der Waals surface area contributed by atoms with Gasteiger partial charge in [0, 0.05) is 11.8 Å². The molecular formula is C16H21NOS. The third kappa shape index (κ3) is 3.88. The lowest BCUT2D eigenvalue weighted by atomic mass is 10.0. The van der Waals surface area contributed by atoms with E-state index in [0.29, 0.717) is 6.04 Å². The van der Waals surface area contributed by atoms with E-state index in [4.69, 9.17) is 4.42 Å². The van der Waals surface area contributed by atoms with Crippen LogP contribution in [0, 0.1) is 13.8 Å². The molecular weight excluding hydrogens is 254 g/mol. The average molecular weight is 275 g/mol. The number of nitrogens with one attached hydrogen (secondary N) is 1. The van der Waals surface area contributed by atoms with E-state index in [-0.39, 0.29) is 0 Å². The first-order valence-corrected chi connectivity index (χ1v) is 7.70. The van der Waals surface area contributed by atoms with Crippen molar-refractivity contribution in [3.05, 3.63) is 59.0 Å². The molecule has 0 aliphatic rings. The summed E-state index contributed by atoms with van der Waals surface area (Å²) < 4.78 is 5.35. The van der Waals surface area contributed by atoms with Gasteiger partial charge in [-0.25, -0.2) is 0 Å². The second kappa shape index (κ2) is 6.83. The van der Waals surface area contributed by atoms with E-state index in [9.17, 15) is 0 Å². The van der Waals surface area contributed by atoms with Crippen LogP contribution in [0.4, 0.5) is 0 Å². The number of aryl methyl sites for hydroxylation is 2. The minimum absolute atomic E-state index is 0.388. The molecule has 1 atom stereocenters. The average Bonchev–Trinajstić information content (AvgIpc) is 2.91. The topological polar surface area (TPSA) is 25.2 Å². The molecule has 0 aliphatic heterocycles. The van der Waals surface area contributed by atoms with Crippen LogP contribution in [-0.4, -0.2) is 12.8 Å². The molecule has 1 heterocycles. The van der Waals surface area contributed by atoms with Crippen molar-refractivity contribution < 1.29 is 4.42 Å². The van der Waals surface area contributed by atoms with Crippen molar-refractivity contribution in [1.82, 2.24) is 5.32 Å². The summed E-state index contributed by atoms with van der Waals surface area (Å²) in [5.41, 5.74) is 4.06. The van der Waals surface area contributed by atoms with Crippen molar-refractivity contribution in [2.45, 2.75) is 25.6 Å². The summed E-state index contributed by atoms with van der Waals surface area (Å²) in [5, 5.41) is 3.39. The van der Waals surface area contributed by atoms with Gasteiger partial charge in [-0.1, -0.05) is 18.2 Å². The van der Waals surface area contributed by atoms with Crippen molar-refractivity contribution in [3.63, 3.8) is 0 Å². The molecule has 2 aromatic rings. The zero-order chi connectivity index (χ0) is 13.7. The van der Waals surface area contributed by atoms with Gasteiger partial charge in [0.2, 0.25) is 0 Å². The first-order chi connectivity index (χ1) is 9.20. The minimum Gasteiger partial charge on any atom is -0.468 e. The van der Waals surface area contributed by atoms with Crippen molar-refractivity contribution in [3.8, 4) is 0 Å². The lowest BCUT2D eigenvalue weighted by molar-refractivity contribution is 0.530. The Morgan fingerprint density at radius 2 is 2.05 bits per heavy atom. The van der Waals surface area contributed by atoms with Gasteiger partial charge in [0.25, 0.3) is 0 Å². The van der Waals surface area contributed by atoms with E-state index in [1.165, 1.54) is 16.7 Å². The molecule has 19 heavy (non-hydrogen) atoms. The summed E-state index contributed by atoms with van der Waals surface area (Å²) >= 11 is 1.89. The predicted octanol–water partition coefficient (Wildman–Crippen LogP) is 4.09. The highest BCUT2D eigenvalue weighted by Gasteiger charge is 2.10. The highest BCUT2D eigenvalue weighted by molar-refractivity contribution is 7.98. The summed E-state index contributed by atoms with van der Waals surface area (Å²) in [6.07, 6.45) is 1.73. The van der Waals surface area contributed by atoms with Crippen LogP contribution in [0.1, 0.15) is 28.5 Å². The molecule has 0 fully saturated rings. The Bertz CT molecular complexity index is 507. The third-order valence-corrected chi connectivity index (χ3v) is 4.45. The Balaban J connectivity index is 1.93. The Labute approximate surface area is 119 Å². The van der Waals surface area contributed by atoms with Gasteiger partial charge >= 0.3 is 0 Å². The molecule has 0 saturated heterocycles. The van der Waals surface area contributed by atoms with Crippen LogP contribution in [0.3, 0.4) is 0 Å². The zero-order valence-electron chi connectivity index (χ0n) is 11.8. The van der Waals surface area contributed by atoms with Gasteiger partial charge in [-0.2, -0.15) is 11.8 Å². The van der Waals surface area contributed by atoms with Gasteiger partial charge in [-0.05, 0) is 49.7 Å². The summed E-state index contributed by atoms with van der Waals surface area (Å²) in [7, 11) is 2.02. The molecule has 0 amide bonds. The van der Waals surface area contributed by atoms with Crippen LogP contribution < -0.4 is 5.32 Å². The molecule has 0 spiro atoms. The number of hydrogen-bond donors (Lipinski definition) is 1. The van der Waals surface area contributed by atoms with Crippen LogP contribution in [-0.2, 0) is 5.75 Å². The molecule has 0 bridgehead atoms. The standard InChI is InChI=1S/C16H21NOS/c1-12-6-7-14(9-13(12)2)16(17-3)11-19-10-15-5-4-8-18-15/h4-9,16-17H,10-11H2,1-3H3. The van der Waals surface area contributed by atoms with E-state index < -0.39 is 0 Å². The zero-order valence-corrected chi connectivity index (χ0v) is 12.6. The van der Waals surface area contributed by atoms with Crippen LogP contribution >= 0.6 is 11.8 Å². The van der Waals surface area contributed by atoms with Crippen LogP contribution in [0.2, 0.25) is 0 Å².